The van der Waals surface area contributed by atoms with Crippen LogP contribution < -0.4 is 0 Å². The first-order valence-electron chi connectivity index (χ1n) is 6.08. The summed E-state index contributed by atoms with van der Waals surface area (Å²) in [6.07, 6.45) is 0. The van der Waals surface area contributed by atoms with Crippen LogP contribution in [0.4, 0.5) is 11.4 Å². The van der Waals surface area contributed by atoms with E-state index >= 15 is 0 Å². The Morgan fingerprint density at radius 3 is 2.00 bits per heavy atom. The van der Waals surface area contributed by atoms with Gasteiger partial charge in [0.1, 0.15) is 5.75 Å². The van der Waals surface area contributed by atoms with E-state index in [1.54, 1.807) is 6.92 Å². The molecule has 2 aromatic rings. The van der Waals surface area contributed by atoms with Gasteiger partial charge in [-0.3, -0.25) is 25.0 Å². The molecule has 0 saturated heterocycles. The molecule has 0 aliphatic rings. The van der Waals surface area contributed by atoms with Crippen LogP contribution >= 0.6 is 0 Å². The van der Waals surface area contributed by atoms with Crippen LogP contribution in [0.1, 0.15) is 21.5 Å². The zero-order valence-corrected chi connectivity index (χ0v) is 11.3. The number of nitro benzene ring substituents is 2. The number of phenols is 1. The predicted molar refractivity (Wildman–Crippen MR) is 76.0 cm³/mol. The number of hydrogen-bond donors (Lipinski definition) is 1. The van der Waals surface area contributed by atoms with Gasteiger partial charge in [-0.15, -0.1) is 0 Å². The maximum Gasteiger partial charge on any atom is 0.277 e. The molecule has 2 rings (SSSR count). The summed E-state index contributed by atoms with van der Waals surface area (Å²) >= 11 is 0. The number of aryl methyl sites for hydroxylation is 1. The molecule has 1 N–H and O–H groups in total. The van der Waals surface area contributed by atoms with Crippen LogP contribution in [0.2, 0.25) is 0 Å². The van der Waals surface area contributed by atoms with Crippen LogP contribution in [0.5, 0.6) is 5.75 Å². The number of nitrogens with zero attached hydrogens (tertiary/aromatic N) is 2. The van der Waals surface area contributed by atoms with Gasteiger partial charge in [-0.25, -0.2) is 0 Å². The largest absolute Gasteiger partial charge is 0.508 e. The van der Waals surface area contributed by atoms with E-state index in [2.05, 4.69) is 0 Å². The van der Waals surface area contributed by atoms with Gasteiger partial charge in [0.25, 0.3) is 11.4 Å². The summed E-state index contributed by atoms with van der Waals surface area (Å²) in [4.78, 5) is 32.5. The van der Waals surface area contributed by atoms with Gasteiger partial charge in [0.15, 0.2) is 5.78 Å². The quantitative estimate of drug-likeness (QED) is 0.526. The van der Waals surface area contributed by atoms with Crippen molar-refractivity contribution in [2.45, 2.75) is 6.92 Å². The number of aromatic hydroxyl groups is 1. The molecule has 0 bridgehead atoms. The lowest BCUT2D eigenvalue weighted by Crippen LogP contribution is -2.05. The zero-order chi connectivity index (χ0) is 16.4. The molecule has 8 nitrogen and oxygen atoms in total. The average molecular weight is 302 g/mol. The van der Waals surface area contributed by atoms with E-state index in [9.17, 15) is 30.1 Å². The van der Waals surface area contributed by atoms with Crippen molar-refractivity contribution in [1.82, 2.24) is 0 Å². The van der Waals surface area contributed by atoms with Gasteiger partial charge >= 0.3 is 0 Å². The fraction of sp³-hybridized carbons (Fsp3) is 0.0714. The van der Waals surface area contributed by atoms with Crippen molar-refractivity contribution >= 4 is 17.2 Å². The Hall–Kier alpha value is -3.29. The summed E-state index contributed by atoms with van der Waals surface area (Å²) in [6.45, 7) is 1.58. The zero-order valence-electron chi connectivity index (χ0n) is 11.3. The van der Waals surface area contributed by atoms with Gasteiger partial charge in [0, 0.05) is 23.3 Å². The second-order valence-corrected chi connectivity index (χ2v) is 4.58. The van der Waals surface area contributed by atoms with Gasteiger partial charge in [-0.1, -0.05) is 0 Å². The minimum Gasteiger partial charge on any atom is -0.508 e. The Kier molecular flexibility index (Phi) is 3.85. The third-order valence-electron chi connectivity index (χ3n) is 3.04. The van der Waals surface area contributed by atoms with Crippen molar-refractivity contribution in [2.24, 2.45) is 0 Å². The molecular weight excluding hydrogens is 292 g/mol. The van der Waals surface area contributed by atoms with Crippen LogP contribution in [-0.4, -0.2) is 20.7 Å². The predicted octanol–water partition coefficient (Wildman–Crippen LogP) is 2.75. The second kappa shape index (κ2) is 5.60. The van der Waals surface area contributed by atoms with E-state index in [0.717, 1.165) is 18.2 Å². The fourth-order valence-corrected chi connectivity index (χ4v) is 2.00. The van der Waals surface area contributed by atoms with Crippen molar-refractivity contribution in [3.8, 4) is 5.75 Å². The number of nitro groups is 2. The molecule has 0 heterocycles. The van der Waals surface area contributed by atoms with Crippen molar-refractivity contribution in [3.05, 3.63) is 73.3 Å². The maximum atomic E-state index is 12.4. The normalized spacial score (nSPS) is 10.2. The number of hydrogen-bond acceptors (Lipinski definition) is 6. The van der Waals surface area contributed by atoms with Crippen LogP contribution in [0.25, 0.3) is 0 Å². The minimum atomic E-state index is -0.798. The Morgan fingerprint density at radius 1 is 1.00 bits per heavy atom. The van der Waals surface area contributed by atoms with Crippen LogP contribution in [-0.2, 0) is 0 Å². The van der Waals surface area contributed by atoms with Crippen molar-refractivity contribution in [3.63, 3.8) is 0 Å². The maximum absolute atomic E-state index is 12.4. The van der Waals surface area contributed by atoms with E-state index in [1.807, 2.05) is 0 Å². The van der Waals surface area contributed by atoms with Crippen LogP contribution in [0, 0.1) is 27.2 Å². The molecule has 0 unspecified atom stereocenters. The Labute approximate surface area is 123 Å². The highest BCUT2D eigenvalue weighted by molar-refractivity contribution is 6.10. The molecule has 112 valence electrons. The Balaban J connectivity index is 2.57. The number of carbonyl (C=O) groups is 1. The van der Waals surface area contributed by atoms with Gasteiger partial charge in [-0.05, 0) is 30.7 Å². The molecule has 0 atom stereocenters. The molecule has 0 spiro atoms. The second-order valence-electron chi connectivity index (χ2n) is 4.58. The average Bonchev–Trinajstić information content (AvgIpc) is 2.46. The van der Waals surface area contributed by atoms with Crippen molar-refractivity contribution < 1.29 is 19.7 Å². The van der Waals surface area contributed by atoms with E-state index in [-0.39, 0.29) is 16.9 Å². The number of carbonyl (C=O) groups excluding carboxylic acids is 1. The SMILES string of the molecule is Cc1cc(O)ccc1C(=O)c1cc([N+](=O)[O-])cc([N+](=O)[O-])c1. The highest BCUT2D eigenvalue weighted by Gasteiger charge is 2.21. The molecule has 0 aliphatic heterocycles. The molecule has 2 aromatic carbocycles. The first kappa shape index (κ1) is 15.1. The van der Waals surface area contributed by atoms with Gasteiger partial charge in [-0.2, -0.15) is 0 Å². The molecule has 22 heavy (non-hydrogen) atoms. The highest BCUT2D eigenvalue weighted by atomic mass is 16.6. The van der Waals surface area contributed by atoms with Crippen molar-refractivity contribution in [1.29, 1.82) is 0 Å². The Bertz CT molecular complexity index is 768. The molecule has 0 saturated carbocycles. The lowest BCUT2D eigenvalue weighted by Gasteiger charge is -2.06. The highest BCUT2D eigenvalue weighted by Crippen LogP contribution is 2.26. The third kappa shape index (κ3) is 2.90. The van der Waals surface area contributed by atoms with E-state index < -0.39 is 27.0 Å². The molecule has 0 amide bonds. The summed E-state index contributed by atoms with van der Waals surface area (Å²) in [5.74, 6) is -0.622. The number of benzene rings is 2. The van der Waals surface area contributed by atoms with Gasteiger partial charge < -0.3 is 5.11 Å². The summed E-state index contributed by atoms with van der Waals surface area (Å²) < 4.78 is 0. The molecular formula is C14H10N2O6. The van der Waals surface area contributed by atoms with E-state index in [1.165, 1.54) is 18.2 Å². The summed E-state index contributed by atoms with van der Waals surface area (Å²) in [5.41, 5.74) is -0.565. The van der Waals surface area contributed by atoms with E-state index in [4.69, 9.17) is 0 Å². The molecule has 0 aromatic heterocycles. The topological polar surface area (TPSA) is 124 Å². The number of ketones is 1. The number of rotatable bonds is 4. The van der Waals surface area contributed by atoms with Crippen LogP contribution in [0.3, 0.4) is 0 Å². The minimum absolute atomic E-state index is 0.0286. The first-order chi connectivity index (χ1) is 10.3. The fourth-order valence-electron chi connectivity index (χ4n) is 2.00. The third-order valence-corrected chi connectivity index (χ3v) is 3.04. The van der Waals surface area contributed by atoms with E-state index in [0.29, 0.717) is 5.56 Å². The lowest BCUT2D eigenvalue weighted by atomic mass is 9.98. The first-order valence-corrected chi connectivity index (χ1v) is 6.08. The summed E-state index contributed by atoms with van der Waals surface area (Å²) in [7, 11) is 0. The van der Waals surface area contributed by atoms with Crippen molar-refractivity contribution in [2.75, 3.05) is 0 Å². The Morgan fingerprint density at radius 2 is 1.55 bits per heavy atom. The number of non-ortho nitro benzene ring substituents is 2. The van der Waals surface area contributed by atoms with Gasteiger partial charge in [0.2, 0.25) is 0 Å². The molecule has 0 radical (unpaired) electrons. The molecule has 8 heteroatoms. The summed E-state index contributed by atoms with van der Waals surface area (Å²) in [6, 6.07) is 6.78. The summed E-state index contributed by atoms with van der Waals surface area (Å²) in [5, 5.41) is 31.0. The van der Waals surface area contributed by atoms with Gasteiger partial charge in [0.05, 0.1) is 15.9 Å². The smallest absolute Gasteiger partial charge is 0.277 e. The van der Waals surface area contributed by atoms with Crippen LogP contribution in [0.15, 0.2) is 36.4 Å². The lowest BCUT2D eigenvalue weighted by molar-refractivity contribution is -0.394. The number of phenolic OH excluding ortho intramolecular Hbond substituents is 1. The molecule has 0 fully saturated rings. The monoisotopic (exact) mass is 302 g/mol. The standard InChI is InChI=1S/C14H10N2O6/c1-8-4-12(17)2-3-13(8)14(18)9-5-10(15(19)20)7-11(6-9)16(21)22/h2-7,17H,1H3. The molecule has 0 aliphatic carbocycles.